The molecule has 1 atom stereocenters. The van der Waals surface area contributed by atoms with Gasteiger partial charge in [0.15, 0.2) is 6.61 Å². The van der Waals surface area contributed by atoms with Gasteiger partial charge < -0.3 is 21.1 Å². The highest BCUT2D eigenvalue weighted by Gasteiger charge is 2.19. The Morgan fingerprint density at radius 3 is 2.95 bits per heavy atom. The van der Waals surface area contributed by atoms with Crippen LogP contribution in [0.15, 0.2) is 12.1 Å². The lowest BCUT2D eigenvalue weighted by molar-refractivity contribution is -0.119. The number of rotatable bonds is 3. The Kier molecular flexibility index (Phi) is 5.62. The molecule has 1 aliphatic heterocycles. The van der Waals surface area contributed by atoms with Crippen LogP contribution in [-0.4, -0.2) is 24.5 Å². The number of benzene rings is 1. The Balaban J connectivity index is 0.00000200. The van der Waals surface area contributed by atoms with Crippen LogP contribution in [-0.2, 0) is 9.59 Å². The average Bonchev–Trinajstić information content (AvgIpc) is 2.29. The summed E-state index contributed by atoms with van der Waals surface area (Å²) in [7, 11) is 0. The standard InChI is InChI=1S/C12H14ClN3O3.ClH/c1-6(14)2-11(17)15-8-4-10-9(3-7(8)13)16-12(18)5-19-10;/h3-4,6H,2,5,14H2,1H3,(H,15,17)(H,16,18);1H. The zero-order valence-corrected chi connectivity index (χ0v) is 12.3. The van der Waals surface area contributed by atoms with E-state index in [0.29, 0.717) is 22.1 Å². The summed E-state index contributed by atoms with van der Waals surface area (Å²) in [5.74, 6) is 0.00843. The van der Waals surface area contributed by atoms with Crippen LogP contribution < -0.4 is 21.1 Å². The SMILES string of the molecule is CC(N)CC(=O)Nc1cc2c(cc1Cl)NC(=O)CO2.Cl. The molecule has 4 N–H and O–H groups in total. The first-order valence-corrected chi connectivity index (χ1v) is 6.15. The lowest BCUT2D eigenvalue weighted by Crippen LogP contribution is -2.26. The number of carbonyl (C=O) groups is 2. The van der Waals surface area contributed by atoms with Crippen molar-refractivity contribution in [3.63, 3.8) is 0 Å². The van der Waals surface area contributed by atoms with Crippen molar-refractivity contribution in [2.75, 3.05) is 17.2 Å². The molecule has 0 radical (unpaired) electrons. The zero-order chi connectivity index (χ0) is 14.0. The predicted octanol–water partition coefficient (Wildman–Crippen LogP) is 1.77. The Bertz CT molecular complexity index is 535. The maximum Gasteiger partial charge on any atom is 0.262 e. The van der Waals surface area contributed by atoms with Crippen LogP contribution in [0.3, 0.4) is 0 Å². The van der Waals surface area contributed by atoms with Crippen molar-refractivity contribution in [2.24, 2.45) is 5.73 Å². The van der Waals surface area contributed by atoms with E-state index in [-0.39, 0.29) is 43.3 Å². The van der Waals surface area contributed by atoms with Gasteiger partial charge in [0.1, 0.15) is 5.75 Å². The predicted molar refractivity (Wildman–Crippen MR) is 79.7 cm³/mol. The number of hydrogen-bond donors (Lipinski definition) is 3. The fourth-order valence-electron chi connectivity index (χ4n) is 1.69. The summed E-state index contributed by atoms with van der Waals surface area (Å²) in [6.07, 6.45) is 0.199. The van der Waals surface area contributed by atoms with Crippen LogP contribution in [0.25, 0.3) is 0 Å². The molecule has 0 aliphatic carbocycles. The molecule has 0 aromatic heterocycles. The van der Waals surface area contributed by atoms with Crippen LogP contribution in [0.2, 0.25) is 5.02 Å². The number of carbonyl (C=O) groups excluding carboxylic acids is 2. The molecular formula is C12H15Cl2N3O3. The molecule has 0 fully saturated rings. The van der Waals surface area contributed by atoms with Crippen LogP contribution in [0.1, 0.15) is 13.3 Å². The molecule has 110 valence electrons. The highest BCUT2D eigenvalue weighted by atomic mass is 35.5. The minimum absolute atomic E-state index is 0. The molecule has 0 bridgehead atoms. The van der Waals surface area contributed by atoms with Crippen LogP contribution in [0.4, 0.5) is 11.4 Å². The summed E-state index contributed by atoms with van der Waals surface area (Å²) >= 11 is 6.04. The quantitative estimate of drug-likeness (QED) is 0.791. The van der Waals surface area contributed by atoms with Crippen LogP contribution >= 0.6 is 24.0 Å². The van der Waals surface area contributed by atoms with Crippen molar-refractivity contribution in [2.45, 2.75) is 19.4 Å². The summed E-state index contributed by atoms with van der Waals surface area (Å²) in [4.78, 5) is 22.8. The number of amides is 2. The molecule has 0 spiro atoms. The molecule has 1 aromatic carbocycles. The number of anilines is 2. The van der Waals surface area contributed by atoms with Crippen molar-refractivity contribution < 1.29 is 14.3 Å². The summed E-state index contributed by atoms with van der Waals surface area (Å²) in [6.45, 7) is 1.69. The van der Waals surface area contributed by atoms with Crippen molar-refractivity contribution in [3.05, 3.63) is 17.2 Å². The Morgan fingerprint density at radius 1 is 1.60 bits per heavy atom. The van der Waals surface area contributed by atoms with Crippen LogP contribution in [0.5, 0.6) is 5.75 Å². The van der Waals surface area contributed by atoms with Crippen molar-refractivity contribution in [1.82, 2.24) is 0 Å². The van der Waals surface area contributed by atoms with E-state index < -0.39 is 0 Å². The van der Waals surface area contributed by atoms with E-state index in [1.807, 2.05) is 0 Å². The molecule has 1 heterocycles. The van der Waals surface area contributed by atoms with Crippen molar-refractivity contribution >= 4 is 47.2 Å². The summed E-state index contributed by atoms with van der Waals surface area (Å²) in [6, 6.07) is 2.89. The van der Waals surface area contributed by atoms with E-state index in [9.17, 15) is 9.59 Å². The number of ether oxygens (including phenoxy) is 1. The Labute approximate surface area is 127 Å². The lowest BCUT2D eigenvalue weighted by atomic mass is 10.2. The van der Waals surface area contributed by atoms with Gasteiger partial charge in [-0.05, 0) is 13.0 Å². The van der Waals surface area contributed by atoms with Gasteiger partial charge in [-0.25, -0.2) is 0 Å². The second kappa shape index (κ2) is 6.78. The van der Waals surface area contributed by atoms with Gasteiger partial charge in [0.05, 0.1) is 16.4 Å². The average molecular weight is 320 g/mol. The van der Waals surface area contributed by atoms with E-state index in [1.54, 1.807) is 13.0 Å². The van der Waals surface area contributed by atoms with Gasteiger partial charge in [-0.1, -0.05) is 11.6 Å². The monoisotopic (exact) mass is 319 g/mol. The molecule has 2 rings (SSSR count). The minimum atomic E-state index is -0.239. The molecule has 1 aliphatic rings. The topological polar surface area (TPSA) is 93.5 Å². The van der Waals surface area contributed by atoms with Gasteiger partial charge in [0, 0.05) is 18.5 Å². The number of nitrogens with one attached hydrogen (secondary N) is 2. The van der Waals surface area contributed by atoms with E-state index in [2.05, 4.69) is 10.6 Å². The van der Waals surface area contributed by atoms with Gasteiger partial charge >= 0.3 is 0 Å². The molecule has 1 unspecified atom stereocenters. The molecular weight excluding hydrogens is 305 g/mol. The van der Waals surface area contributed by atoms with E-state index in [4.69, 9.17) is 22.1 Å². The third kappa shape index (κ3) is 4.00. The molecule has 0 saturated carbocycles. The molecule has 20 heavy (non-hydrogen) atoms. The van der Waals surface area contributed by atoms with Crippen LogP contribution in [0, 0.1) is 0 Å². The highest BCUT2D eigenvalue weighted by Crippen LogP contribution is 2.36. The highest BCUT2D eigenvalue weighted by molar-refractivity contribution is 6.34. The summed E-state index contributed by atoms with van der Waals surface area (Å²) in [5, 5.41) is 5.61. The first-order valence-electron chi connectivity index (χ1n) is 5.77. The smallest absolute Gasteiger partial charge is 0.262 e. The maximum absolute atomic E-state index is 11.6. The van der Waals surface area contributed by atoms with Gasteiger partial charge in [-0.2, -0.15) is 0 Å². The fraction of sp³-hybridized carbons (Fsp3) is 0.333. The third-order valence-electron chi connectivity index (χ3n) is 2.48. The van der Waals surface area contributed by atoms with Crippen molar-refractivity contribution in [3.8, 4) is 5.75 Å². The van der Waals surface area contributed by atoms with Gasteiger partial charge in [0.2, 0.25) is 5.91 Å². The number of fused-ring (bicyclic) bond motifs is 1. The van der Waals surface area contributed by atoms with Gasteiger partial charge in [0.25, 0.3) is 5.91 Å². The first-order chi connectivity index (χ1) is 8.95. The Hall–Kier alpha value is -1.50. The van der Waals surface area contributed by atoms with Gasteiger partial charge in [-0.15, -0.1) is 12.4 Å². The second-order valence-corrected chi connectivity index (χ2v) is 4.80. The summed E-state index contributed by atoms with van der Waals surface area (Å²) < 4.78 is 5.25. The molecule has 6 nitrogen and oxygen atoms in total. The largest absolute Gasteiger partial charge is 0.482 e. The molecule has 8 heteroatoms. The van der Waals surface area contributed by atoms with E-state index >= 15 is 0 Å². The third-order valence-corrected chi connectivity index (χ3v) is 2.80. The molecule has 1 aromatic rings. The fourth-order valence-corrected chi connectivity index (χ4v) is 1.90. The lowest BCUT2D eigenvalue weighted by Gasteiger charge is -2.19. The molecule has 2 amide bonds. The Morgan fingerprint density at radius 2 is 2.30 bits per heavy atom. The number of nitrogens with two attached hydrogens (primary N) is 1. The van der Waals surface area contributed by atoms with E-state index in [1.165, 1.54) is 6.07 Å². The maximum atomic E-state index is 11.6. The normalized spacial score (nSPS) is 14.2. The second-order valence-electron chi connectivity index (χ2n) is 4.39. The number of hydrogen-bond acceptors (Lipinski definition) is 4. The van der Waals surface area contributed by atoms with E-state index in [0.717, 1.165) is 0 Å². The molecule has 0 saturated heterocycles. The van der Waals surface area contributed by atoms with Gasteiger partial charge in [-0.3, -0.25) is 9.59 Å². The minimum Gasteiger partial charge on any atom is -0.482 e. The zero-order valence-electron chi connectivity index (χ0n) is 10.7. The summed E-state index contributed by atoms with van der Waals surface area (Å²) in [5.41, 5.74) is 6.47. The first kappa shape index (κ1) is 16.6. The van der Waals surface area contributed by atoms with Crippen molar-refractivity contribution in [1.29, 1.82) is 0 Å². The number of halogens is 2.